The van der Waals surface area contributed by atoms with Crippen molar-refractivity contribution in [3.63, 3.8) is 0 Å². The maximum Gasteiger partial charge on any atom is 0.270 e. The van der Waals surface area contributed by atoms with Gasteiger partial charge in [0.2, 0.25) is 0 Å². The second-order valence-electron chi connectivity index (χ2n) is 8.33. The zero-order chi connectivity index (χ0) is 25.1. The average molecular weight is 537 g/mol. The number of carbonyl (C=O) groups excluding carboxylic acids is 2. The summed E-state index contributed by atoms with van der Waals surface area (Å²) in [5, 5.41) is 10.2. The molecule has 3 heterocycles. The molecule has 1 aliphatic rings. The Labute approximate surface area is 222 Å². The second kappa shape index (κ2) is 10.7. The van der Waals surface area contributed by atoms with Crippen LogP contribution in [-0.2, 0) is 4.79 Å². The largest absolute Gasteiger partial charge is 0.337 e. The first-order chi connectivity index (χ1) is 17.5. The summed E-state index contributed by atoms with van der Waals surface area (Å²) in [5.74, 6) is -0.723. The van der Waals surface area contributed by atoms with Gasteiger partial charge in [-0.05, 0) is 60.7 Å². The van der Waals surface area contributed by atoms with Crippen LogP contribution in [0, 0.1) is 0 Å². The maximum absolute atomic E-state index is 13.5. The standard InChI is InChI=1S/C27H22Cl2N4O2S/c28-19-10-11-21(22(29)16-19)26(34)30-23(27(35)32-12-4-5-13-32)15-18-17-33(20-7-2-1-3-8-20)31-25(18)24-9-6-14-36-24/h1-3,6-11,14-17H,4-5,12-13H2,(H,30,34)/b23-15-. The SMILES string of the molecule is O=C(N/C(=C\c1cn(-c2ccccc2)nc1-c1cccs1)C(=O)N1CCCC1)c1ccc(Cl)cc1Cl. The van der Waals surface area contributed by atoms with Crippen LogP contribution in [-0.4, -0.2) is 39.6 Å². The molecule has 0 aliphatic carbocycles. The van der Waals surface area contributed by atoms with Crippen LogP contribution in [0.4, 0.5) is 0 Å². The summed E-state index contributed by atoms with van der Waals surface area (Å²) in [4.78, 5) is 29.4. The van der Waals surface area contributed by atoms with Gasteiger partial charge in [-0.1, -0.05) is 47.5 Å². The fourth-order valence-corrected chi connectivity index (χ4v) is 5.30. The third kappa shape index (κ3) is 5.23. The van der Waals surface area contributed by atoms with Crippen molar-refractivity contribution in [1.29, 1.82) is 0 Å². The molecule has 5 rings (SSSR count). The predicted octanol–water partition coefficient (Wildman–Crippen LogP) is 6.30. The Balaban J connectivity index is 1.57. The van der Waals surface area contributed by atoms with Gasteiger partial charge < -0.3 is 10.2 Å². The van der Waals surface area contributed by atoms with E-state index in [1.165, 1.54) is 6.07 Å². The van der Waals surface area contributed by atoms with Crippen LogP contribution in [0.2, 0.25) is 10.0 Å². The van der Waals surface area contributed by atoms with Crippen molar-refractivity contribution in [2.24, 2.45) is 0 Å². The minimum absolute atomic E-state index is 0.165. The summed E-state index contributed by atoms with van der Waals surface area (Å²) in [6, 6.07) is 18.3. The number of amides is 2. The van der Waals surface area contributed by atoms with E-state index >= 15 is 0 Å². The monoisotopic (exact) mass is 536 g/mol. The number of halogens is 2. The topological polar surface area (TPSA) is 67.2 Å². The number of carbonyl (C=O) groups is 2. The molecule has 2 aromatic heterocycles. The fraction of sp³-hybridized carbons (Fsp3) is 0.148. The lowest BCUT2D eigenvalue weighted by molar-refractivity contribution is -0.126. The molecular formula is C27H22Cl2N4O2S. The summed E-state index contributed by atoms with van der Waals surface area (Å²) < 4.78 is 1.77. The van der Waals surface area contributed by atoms with E-state index in [0.717, 1.165) is 29.1 Å². The lowest BCUT2D eigenvalue weighted by Gasteiger charge is -2.18. The lowest BCUT2D eigenvalue weighted by Crippen LogP contribution is -2.36. The summed E-state index contributed by atoms with van der Waals surface area (Å²) in [6.07, 6.45) is 5.43. The van der Waals surface area contributed by atoms with E-state index in [-0.39, 0.29) is 22.2 Å². The third-order valence-electron chi connectivity index (χ3n) is 5.87. The number of nitrogens with one attached hydrogen (secondary N) is 1. The van der Waals surface area contributed by atoms with Gasteiger partial charge in [-0.2, -0.15) is 5.10 Å². The first kappa shape index (κ1) is 24.3. The van der Waals surface area contributed by atoms with Crippen molar-refractivity contribution >= 4 is 52.4 Å². The smallest absolute Gasteiger partial charge is 0.270 e. The lowest BCUT2D eigenvalue weighted by atomic mass is 10.1. The highest BCUT2D eigenvalue weighted by atomic mass is 35.5. The van der Waals surface area contributed by atoms with E-state index in [0.29, 0.717) is 23.7 Å². The van der Waals surface area contributed by atoms with Crippen molar-refractivity contribution in [2.75, 3.05) is 13.1 Å². The first-order valence-electron chi connectivity index (χ1n) is 11.5. The number of benzene rings is 2. The molecule has 0 bridgehead atoms. The Morgan fingerprint density at radius 2 is 1.78 bits per heavy atom. The zero-order valence-corrected chi connectivity index (χ0v) is 21.5. The first-order valence-corrected chi connectivity index (χ1v) is 13.1. The molecule has 2 aromatic carbocycles. The quantitative estimate of drug-likeness (QED) is 0.294. The molecule has 0 saturated carbocycles. The molecule has 182 valence electrons. The molecule has 1 saturated heterocycles. The van der Waals surface area contributed by atoms with Crippen LogP contribution in [0.5, 0.6) is 0 Å². The van der Waals surface area contributed by atoms with E-state index in [4.69, 9.17) is 28.3 Å². The zero-order valence-electron chi connectivity index (χ0n) is 19.2. The van der Waals surface area contributed by atoms with Crippen molar-refractivity contribution in [1.82, 2.24) is 20.0 Å². The van der Waals surface area contributed by atoms with Crippen molar-refractivity contribution in [2.45, 2.75) is 12.8 Å². The van der Waals surface area contributed by atoms with Gasteiger partial charge in [0.25, 0.3) is 11.8 Å². The number of aromatic nitrogens is 2. The van der Waals surface area contributed by atoms with Crippen LogP contribution in [0.1, 0.15) is 28.8 Å². The maximum atomic E-state index is 13.5. The Hall–Kier alpha value is -3.39. The molecule has 0 atom stereocenters. The molecule has 36 heavy (non-hydrogen) atoms. The number of para-hydroxylation sites is 1. The summed E-state index contributed by atoms with van der Waals surface area (Å²) in [7, 11) is 0. The number of hydrogen-bond donors (Lipinski definition) is 1. The second-order valence-corrected chi connectivity index (χ2v) is 10.1. The molecule has 0 radical (unpaired) electrons. The van der Waals surface area contributed by atoms with Gasteiger partial charge in [0, 0.05) is 29.9 Å². The average Bonchev–Trinajstić information content (AvgIpc) is 3.66. The molecule has 6 nitrogen and oxygen atoms in total. The Morgan fingerprint density at radius 1 is 1.00 bits per heavy atom. The van der Waals surface area contributed by atoms with Gasteiger partial charge in [0.05, 0.1) is 21.2 Å². The fourth-order valence-electron chi connectivity index (χ4n) is 4.07. The Bertz CT molecular complexity index is 1430. The van der Waals surface area contributed by atoms with Crippen LogP contribution >= 0.6 is 34.5 Å². The number of thiophene rings is 1. The van der Waals surface area contributed by atoms with Crippen molar-refractivity contribution in [3.05, 3.63) is 99.1 Å². The normalized spacial score (nSPS) is 13.7. The molecule has 4 aromatic rings. The van der Waals surface area contributed by atoms with E-state index < -0.39 is 5.91 Å². The summed E-state index contributed by atoms with van der Waals surface area (Å²) in [5.41, 5.74) is 2.73. The molecule has 9 heteroatoms. The highest BCUT2D eigenvalue weighted by molar-refractivity contribution is 7.13. The van der Waals surface area contributed by atoms with Gasteiger partial charge in [0.1, 0.15) is 11.4 Å². The number of hydrogen-bond acceptors (Lipinski definition) is 4. The van der Waals surface area contributed by atoms with Crippen molar-refractivity contribution in [3.8, 4) is 16.3 Å². The van der Waals surface area contributed by atoms with Gasteiger partial charge in [0.15, 0.2) is 0 Å². The molecule has 1 N–H and O–H groups in total. The van der Waals surface area contributed by atoms with Crippen molar-refractivity contribution < 1.29 is 9.59 Å². The third-order valence-corrected chi connectivity index (χ3v) is 7.29. The van der Waals surface area contributed by atoms with Gasteiger partial charge in [-0.25, -0.2) is 4.68 Å². The minimum atomic E-state index is -0.483. The number of likely N-dealkylation sites (tertiary alicyclic amines) is 1. The van der Waals surface area contributed by atoms with Gasteiger partial charge >= 0.3 is 0 Å². The molecule has 2 amide bonds. The molecule has 1 aliphatic heterocycles. The highest BCUT2D eigenvalue weighted by Crippen LogP contribution is 2.30. The molecule has 0 spiro atoms. The molecule has 0 unspecified atom stereocenters. The number of rotatable bonds is 6. The van der Waals surface area contributed by atoms with Crippen LogP contribution in [0.25, 0.3) is 22.3 Å². The highest BCUT2D eigenvalue weighted by Gasteiger charge is 2.25. The predicted molar refractivity (Wildman–Crippen MR) is 145 cm³/mol. The molecular weight excluding hydrogens is 515 g/mol. The summed E-state index contributed by atoms with van der Waals surface area (Å²) >= 11 is 13.8. The van der Waals surface area contributed by atoms with E-state index in [1.807, 2.05) is 54.0 Å². The van der Waals surface area contributed by atoms with Crippen LogP contribution in [0.3, 0.4) is 0 Å². The van der Waals surface area contributed by atoms with E-state index in [1.54, 1.807) is 39.1 Å². The van der Waals surface area contributed by atoms with Gasteiger partial charge in [-0.3, -0.25) is 9.59 Å². The number of nitrogens with zero attached hydrogens (tertiary/aromatic N) is 3. The summed E-state index contributed by atoms with van der Waals surface area (Å²) in [6.45, 7) is 1.30. The van der Waals surface area contributed by atoms with Crippen LogP contribution < -0.4 is 5.32 Å². The van der Waals surface area contributed by atoms with E-state index in [2.05, 4.69) is 5.32 Å². The van der Waals surface area contributed by atoms with Gasteiger partial charge in [-0.15, -0.1) is 11.3 Å². The molecule has 1 fully saturated rings. The Kier molecular flexibility index (Phi) is 7.23. The van der Waals surface area contributed by atoms with E-state index in [9.17, 15) is 9.59 Å². The Morgan fingerprint density at radius 3 is 2.47 bits per heavy atom. The van der Waals surface area contributed by atoms with Crippen LogP contribution in [0.15, 0.2) is 77.9 Å². The minimum Gasteiger partial charge on any atom is -0.337 e.